The van der Waals surface area contributed by atoms with Crippen LogP contribution in [0.5, 0.6) is 5.75 Å². The van der Waals surface area contributed by atoms with Gasteiger partial charge in [0.05, 0.1) is 25.0 Å². The van der Waals surface area contributed by atoms with Crippen LogP contribution in [0.3, 0.4) is 0 Å². The number of hydrogen-bond donors (Lipinski definition) is 1. The van der Waals surface area contributed by atoms with E-state index in [1.54, 1.807) is 0 Å². The fraction of sp³-hybridized carbons (Fsp3) is 0.786. The zero-order chi connectivity index (χ0) is 13.0. The van der Waals surface area contributed by atoms with Gasteiger partial charge in [-0.15, -0.1) is 0 Å². The number of hydrogen-bond acceptors (Lipinski definition) is 3. The molecule has 1 aromatic rings. The van der Waals surface area contributed by atoms with E-state index in [4.69, 9.17) is 4.74 Å². The molecule has 0 spiro atoms. The minimum atomic E-state index is 0.407. The maximum absolute atomic E-state index is 5.60. The minimum Gasteiger partial charge on any atom is -0.490 e. The van der Waals surface area contributed by atoms with Gasteiger partial charge >= 0.3 is 0 Å². The molecular formula is C14H25N3O. The summed E-state index contributed by atoms with van der Waals surface area (Å²) in [6.07, 6.45) is 7.53. The van der Waals surface area contributed by atoms with Gasteiger partial charge in [0.1, 0.15) is 0 Å². The average Bonchev–Trinajstić information content (AvgIpc) is 3.05. The van der Waals surface area contributed by atoms with Gasteiger partial charge in [0.15, 0.2) is 5.75 Å². The van der Waals surface area contributed by atoms with Gasteiger partial charge in [0.25, 0.3) is 0 Å². The summed E-state index contributed by atoms with van der Waals surface area (Å²) in [7, 11) is 0. The summed E-state index contributed by atoms with van der Waals surface area (Å²) in [4.78, 5) is 0. The van der Waals surface area contributed by atoms with E-state index in [0.717, 1.165) is 31.4 Å². The molecule has 0 aromatic carbocycles. The quantitative estimate of drug-likeness (QED) is 0.772. The molecule has 1 unspecified atom stereocenters. The van der Waals surface area contributed by atoms with E-state index >= 15 is 0 Å². The van der Waals surface area contributed by atoms with Gasteiger partial charge in [-0.2, -0.15) is 5.10 Å². The van der Waals surface area contributed by atoms with Crippen molar-refractivity contribution < 1.29 is 4.74 Å². The fourth-order valence-corrected chi connectivity index (χ4v) is 2.01. The molecule has 1 aliphatic carbocycles. The second kappa shape index (κ2) is 6.23. The zero-order valence-corrected chi connectivity index (χ0v) is 11.7. The van der Waals surface area contributed by atoms with Gasteiger partial charge in [-0.05, 0) is 25.2 Å². The molecule has 4 nitrogen and oxygen atoms in total. The van der Waals surface area contributed by atoms with Crippen molar-refractivity contribution in [3.63, 3.8) is 0 Å². The Bertz CT molecular complexity index is 358. The maximum atomic E-state index is 5.60. The van der Waals surface area contributed by atoms with Crippen LogP contribution in [0.15, 0.2) is 12.4 Å². The lowest BCUT2D eigenvalue weighted by Crippen LogP contribution is -2.30. The molecule has 1 heterocycles. The van der Waals surface area contributed by atoms with Gasteiger partial charge in [-0.3, -0.25) is 4.68 Å². The highest BCUT2D eigenvalue weighted by molar-refractivity contribution is 5.12. The molecule has 1 saturated carbocycles. The van der Waals surface area contributed by atoms with Gasteiger partial charge in [-0.1, -0.05) is 20.8 Å². The second-order valence-corrected chi connectivity index (χ2v) is 5.50. The first kappa shape index (κ1) is 13.4. The number of nitrogens with one attached hydrogen (secondary N) is 1. The van der Waals surface area contributed by atoms with E-state index in [0.29, 0.717) is 12.0 Å². The first-order valence-corrected chi connectivity index (χ1v) is 7.11. The molecule has 1 aromatic heterocycles. The molecule has 0 amide bonds. The topological polar surface area (TPSA) is 39.1 Å². The molecule has 1 atom stereocenters. The maximum Gasteiger partial charge on any atom is 0.157 e. The van der Waals surface area contributed by atoms with Crippen LogP contribution >= 0.6 is 0 Å². The van der Waals surface area contributed by atoms with Crippen LogP contribution in [0.4, 0.5) is 0 Å². The van der Waals surface area contributed by atoms with Crippen molar-refractivity contribution in [2.24, 2.45) is 5.92 Å². The summed E-state index contributed by atoms with van der Waals surface area (Å²) in [5, 5.41) is 8.03. The first-order valence-electron chi connectivity index (χ1n) is 7.11. The molecular weight excluding hydrogens is 226 g/mol. The van der Waals surface area contributed by atoms with Crippen molar-refractivity contribution in [2.75, 3.05) is 13.2 Å². The lowest BCUT2D eigenvalue weighted by atomic mass is 10.0. The predicted molar refractivity (Wildman–Crippen MR) is 72.9 cm³/mol. The van der Waals surface area contributed by atoms with Crippen molar-refractivity contribution in [1.29, 1.82) is 0 Å². The Morgan fingerprint density at radius 2 is 2.28 bits per heavy atom. The van der Waals surface area contributed by atoms with E-state index in [-0.39, 0.29) is 0 Å². The van der Waals surface area contributed by atoms with E-state index in [9.17, 15) is 0 Å². The van der Waals surface area contributed by atoms with E-state index in [1.807, 2.05) is 17.1 Å². The molecule has 1 N–H and O–H groups in total. The van der Waals surface area contributed by atoms with Crippen molar-refractivity contribution in [3.05, 3.63) is 12.4 Å². The molecule has 1 fully saturated rings. The van der Waals surface area contributed by atoms with E-state index in [1.165, 1.54) is 12.8 Å². The highest BCUT2D eigenvalue weighted by Crippen LogP contribution is 2.23. The number of rotatable bonds is 8. The molecule has 0 aliphatic heterocycles. The molecule has 4 heteroatoms. The Morgan fingerprint density at radius 3 is 2.89 bits per heavy atom. The number of nitrogens with zero attached hydrogens (tertiary/aromatic N) is 2. The summed E-state index contributed by atoms with van der Waals surface area (Å²) < 4.78 is 7.65. The predicted octanol–water partition coefficient (Wildman–Crippen LogP) is 2.62. The molecule has 102 valence electrons. The number of aromatic nitrogens is 2. The SMILES string of the molecule is CCCOc1cnn(C(CNC2CC2)C(C)C)c1. The summed E-state index contributed by atoms with van der Waals surface area (Å²) in [6, 6.07) is 1.15. The lowest BCUT2D eigenvalue weighted by molar-refractivity contribution is 0.310. The van der Waals surface area contributed by atoms with Gasteiger partial charge in [0, 0.05) is 12.6 Å². The standard InChI is InChI=1S/C14H25N3O/c1-4-7-18-13-8-16-17(10-13)14(11(2)3)9-15-12-5-6-12/h8,10-12,14-15H,4-7,9H2,1-3H3. The van der Waals surface area contributed by atoms with E-state index < -0.39 is 0 Å². The van der Waals surface area contributed by atoms with Crippen LogP contribution in [-0.2, 0) is 0 Å². The molecule has 0 saturated heterocycles. The third-order valence-corrected chi connectivity index (χ3v) is 3.35. The first-order chi connectivity index (χ1) is 8.70. The average molecular weight is 251 g/mol. The number of ether oxygens (including phenoxy) is 1. The van der Waals surface area contributed by atoms with E-state index in [2.05, 4.69) is 31.2 Å². The molecule has 18 heavy (non-hydrogen) atoms. The smallest absolute Gasteiger partial charge is 0.157 e. The van der Waals surface area contributed by atoms with Gasteiger partial charge in [-0.25, -0.2) is 0 Å². The fourth-order valence-electron chi connectivity index (χ4n) is 2.01. The molecule has 1 aliphatic rings. The third-order valence-electron chi connectivity index (χ3n) is 3.35. The van der Waals surface area contributed by atoms with Crippen LogP contribution in [0, 0.1) is 5.92 Å². The Balaban J connectivity index is 1.93. The highest BCUT2D eigenvalue weighted by atomic mass is 16.5. The summed E-state index contributed by atoms with van der Waals surface area (Å²) in [5.74, 6) is 1.45. The van der Waals surface area contributed by atoms with Crippen LogP contribution in [0.2, 0.25) is 0 Å². The van der Waals surface area contributed by atoms with Crippen molar-refractivity contribution >= 4 is 0 Å². The normalized spacial score (nSPS) is 17.1. The highest BCUT2D eigenvalue weighted by Gasteiger charge is 2.24. The Labute approximate surface area is 110 Å². The van der Waals surface area contributed by atoms with Crippen LogP contribution in [-0.4, -0.2) is 29.0 Å². The molecule has 0 bridgehead atoms. The Morgan fingerprint density at radius 1 is 1.50 bits per heavy atom. The van der Waals surface area contributed by atoms with Crippen LogP contribution < -0.4 is 10.1 Å². The Kier molecular flexibility index (Phi) is 4.64. The monoisotopic (exact) mass is 251 g/mol. The summed E-state index contributed by atoms with van der Waals surface area (Å²) in [5.41, 5.74) is 0. The summed E-state index contributed by atoms with van der Waals surface area (Å²) in [6.45, 7) is 8.36. The van der Waals surface area contributed by atoms with Crippen LogP contribution in [0.1, 0.15) is 46.1 Å². The zero-order valence-electron chi connectivity index (χ0n) is 11.7. The van der Waals surface area contributed by atoms with Gasteiger partial charge in [0.2, 0.25) is 0 Å². The van der Waals surface area contributed by atoms with Crippen molar-refractivity contribution in [1.82, 2.24) is 15.1 Å². The Hall–Kier alpha value is -1.03. The minimum absolute atomic E-state index is 0.407. The molecule has 0 radical (unpaired) electrons. The third kappa shape index (κ3) is 3.73. The van der Waals surface area contributed by atoms with Crippen molar-refractivity contribution in [2.45, 2.75) is 52.1 Å². The van der Waals surface area contributed by atoms with Crippen molar-refractivity contribution in [3.8, 4) is 5.75 Å². The lowest BCUT2D eigenvalue weighted by Gasteiger charge is -2.21. The van der Waals surface area contributed by atoms with Gasteiger partial charge < -0.3 is 10.1 Å². The summed E-state index contributed by atoms with van der Waals surface area (Å²) >= 11 is 0. The molecule has 2 rings (SSSR count). The van der Waals surface area contributed by atoms with Crippen LogP contribution in [0.25, 0.3) is 0 Å². The second-order valence-electron chi connectivity index (χ2n) is 5.50. The largest absolute Gasteiger partial charge is 0.490 e.